The summed E-state index contributed by atoms with van der Waals surface area (Å²) in [4.78, 5) is 12.1. The number of fused-ring (bicyclic) bond motifs is 1. The van der Waals surface area contributed by atoms with Crippen LogP contribution in [0, 0.1) is 3.57 Å². The van der Waals surface area contributed by atoms with Crippen LogP contribution < -0.4 is 15.5 Å². The van der Waals surface area contributed by atoms with Crippen LogP contribution in [0.3, 0.4) is 0 Å². The summed E-state index contributed by atoms with van der Waals surface area (Å²) >= 11 is 2.24. The first-order valence-electron chi connectivity index (χ1n) is 9.13. The van der Waals surface area contributed by atoms with Gasteiger partial charge in [0.15, 0.2) is 0 Å². The van der Waals surface area contributed by atoms with Crippen molar-refractivity contribution in [2.24, 2.45) is 5.10 Å². The number of hydrogen-bond donors (Lipinski definition) is 2. The Labute approximate surface area is 178 Å². The van der Waals surface area contributed by atoms with Crippen molar-refractivity contribution < 1.29 is 9.53 Å². The molecule has 0 unspecified atom stereocenters. The van der Waals surface area contributed by atoms with Gasteiger partial charge in [0.1, 0.15) is 5.75 Å². The van der Waals surface area contributed by atoms with Crippen LogP contribution in [0.15, 0.2) is 65.8 Å². The van der Waals surface area contributed by atoms with Crippen LogP contribution in [0.2, 0.25) is 0 Å². The molecule has 28 heavy (non-hydrogen) atoms. The highest BCUT2D eigenvalue weighted by molar-refractivity contribution is 14.1. The molecule has 0 heterocycles. The normalized spacial score (nSPS) is 10.9. The van der Waals surface area contributed by atoms with Crippen LogP contribution in [-0.2, 0) is 4.79 Å². The summed E-state index contributed by atoms with van der Waals surface area (Å²) in [6.45, 7) is 2.84. The van der Waals surface area contributed by atoms with Crippen LogP contribution >= 0.6 is 22.6 Å². The fourth-order valence-electron chi connectivity index (χ4n) is 2.71. The van der Waals surface area contributed by atoms with Crippen molar-refractivity contribution in [2.45, 2.75) is 13.3 Å². The molecular formula is C22H22IN3O2. The second-order valence-corrected chi connectivity index (χ2v) is 7.45. The van der Waals surface area contributed by atoms with Crippen molar-refractivity contribution in [2.75, 3.05) is 18.5 Å². The Kier molecular flexibility index (Phi) is 7.25. The van der Waals surface area contributed by atoms with Gasteiger partial charge in [0.25, 0.3) is 5.91 Å². The van der Waals surface area contributed by atoms with Gasteiger partial charge >= 0.3 is 0 Å². The number of carbonyl (C=O) groups excluding carboxylic acids is 1. The van der Waals surface area contributed by atoms with E-state index >= 15 is 0 Å². The number of carbonyl (C=O) groups is 1. The van der Waals surface area contributed by atoms with E-state index in [1.807, 2.05) is 60.7 Å². The first-order chi connectivity index (χ1) is 13.7. The van der Waals surface area contributed by atoms with Crippen molar-refractivity contribution in [1.82, 2.24) is 5.43 Å². The lowest BCUT2D eigenvalue weighted by Crippen LogP contribution is -2.25. The molecule has 3 aromatic rings. The summed E-state index contributed by atoms with van der Waals surface area (Å²) in [7, 11) is 0. The number of anilines is 1. The molecule has 1 amide bonds. The Balaban J connectivity index is 1.67. The van der Waals surface area contributed by atoms with Crippen LogP contribution in [0.5, 0.6) is 5.75 Å². The zero-order valence-corrected chi connectivity index (χ0v) is 17.8. The maximum Gasteiger partial charge on any atom is 0.259 e. The summed E-state index contributed by atoms with van der Waals surface area (Å²) in [5.41, 5.74) is 4.32. The Morgan fingerprint density at radius 2 is 1.89 bits per heavy atom. The van der Waals surface area contributed by atoms with E-state index < -0.39 is 0 Å². The van der Waals surface area contributed by atoms with Crippen LogP contribution in [0.25, 0.3) is 10.8 Å². The largest absolute Gasteiger partial charge is 0.493 e. The number of ether oxygens (including phenoxy) is 1. The standard InChI is InChI=1S/C22H22IN3O2/c1-2-13-28-21-12-7-16-5-3-4-6-19(16)20(21)14-25-26-22(27)15-24-18-10-8-17(23)9-11-18/h3-12,14,24H,2,13,15H2,1H3,(H,26,27)/b25-14-. The quantitative estimate of drug-likeness (QED) is 0.273. The second kappa shape index (κ2) is 10.1. The van der Waals surface area contributed by atoms with E-state index in [1.54, 1.807) is 6.21 Å². The third kappa shape index (κ3) is 5.45. The molecular weight excluding hydrogens is 465 g/mol. The first-order valence-corrected chi connectivity index (χ1v) is 10.2. The molecule has 0 saturated carbocycles. The minimum absolute atomic E-state index is 0.145. The summed E-state index contributed by atoms with van der Waals surface area (Å²) < 4.78 is 7.00. The van der Waals surface area contributed by atoms with E-state index in [0.29, 0.717) is 6.61 Å². The molecule has 2 N–H and O–H groups in total. The van der Waals surface area contributed by atoms with E-state index in [-0.39, 0.29) is 12.5 Å². The van der Waals surface area contributed by atoms with E-state index in [0.717, 1.165) is 37.8 Å². The van der Waals surface area contributed by atoms with Gasteiger partial charge in [-0.2, -0.15) is 5.10 Å². The molecule has 0 aliphatic carbocycles. The zero-order valence-electron chi connectivity index (χ0n) is 15.6. The Morgan fingerprint density at radius 1 is 1.11 bits per heavy atom. The number of halogens is 1. The molecule has 0 atom stereocenters. The van der Waals surface area contributed by atoms with Crippen molar-refractivity contribution in [3.63, 3.8) is 0 Å². The number of nitrogens with one attached hydrogen (secondary N) is 2. The predicted molar refractivity (Wildman–Crippen MR) is 123 cm³/mol. The lowest BCUT2D eigenvalue weighted by Gasteiger charge is -2.11. The fraction of sp³-hybridized carbons (Fsp3) is 0.182. The molecule has 5 nitrogen and oxygen atoms in total. The van der Waals surface area contributed by atoms with Crippen LogP contribution in [-0.4, -0.2) is 25.3 Å². The zero-order chi connectivity index (χ0) is 19.8. The molecule has 0 aliphatic rings. The minimum Gasteiger partial charge on any atom is -0.493 e. The van der Waals surface area contributed by atoms with Crippen LogP contribution in [0.4, 0.5) is 5.69 Å². The van der Waals surface area contributed by atoms with Crippen molar-refractivity contribution in [3.8, 4) is 5.75 Å². The third-order valence-corrected chi connectivity index (χ3v) is 4.79. The van der Waals surface area contributed by atoms with E-state index in [9.17, 15) is 4.79 Å². The molecule has 0 radical (unpaired) electrons. The minimum atomic E-state index is -0.217. The molecule has 3 rings (SSSR count). The number of benzene rings is 3. The molecule has 0 bridgehead atoms. The molecule has 0 aromatic heterocycles. The fourth-order valence-corrected chi connectivity index (χ4v) is 3.06. The van der Waals surface area contributed by atoms with E-state index in [4.69, 9.17) is 4.74 Å². The Hall–Kier alpha value is -2.61. The van der Waals surface area contributed by atoms with Gasteiger partial charge in [-0.15, -0.1) is 0 Å². The molecule has 0 aliphatic heterocycles. The molecule has 144 valence electrons. The Bertz CT molecular complexity index is 971. The molecule has 6 heteroatoms. The third-order valence-electron chi connectivity index (χ3n) is 4.07. The molecule has 0 fully saturated rings. The summed E-state index contributed by atoms with van der Waals surface area (Å²) in [6, 6.07) is 19.9. The maximum atomic E-state index is 12.1. The predicted octanol–water partition coefficient (Wildman–Crippen LogP) is 4.80. The Morgan fingerprint density at radius 3 is 2.68 bits per heavy atom. The summed E-state index contributed by atoms with van der Waals surface area (Å²) in [6.07, 6.45) is 2.57. The lowest BCUT2D eigenvalue weighted by molar-refractivity contribution is -0.119. The topological polar surface area (TPSA) is 62.7 Å². The van der Waals surface area contributed by atoms with Gasteiger partial charge in [-0.1, -0.05) is 37.3 Å². The second-order valence-electron chi connectivity index (χ2n) is 6.20. The van der Waals surface area contributed by atoms with Crippen molar-refractivity contribution >= 4 is 51.2 Å². The summed E-state index contributed by atoms with van der Waals surface area (Å²) in [5.74, 6) is 0.543. The van der Waals surface area contributed by atoms with Gasteiger partial charge in [-0.25, -0.2) is 5.43 Å². The molecule has 0 saturated heterocycles. The van der Waals surface area contributed by atoms with Crippen LogP contribution in [0.1, 0.15) is 18.9 Å². The number of rotatable bonds is 8. The van der Waals surface area contributed by atoms with Gasteiger partial charge in [0.2, 0.25) is 0 Å². The number of amides is 1. The first kappa shape index (κ1) is 20.1. The highest BCUT2D eigenvalue weighted by Crippen LogP contribution is 2.26. The number of hydrazone groups is 1. The lowest BCUT2D eigenvalue weighted by atomic mass is 10.0. The van der Waals surface area contributed by atoms with Gasteiger partial charge in [0.05, 0.1) is 19.4 Å². The number of hydrogen-bond acceptors (Lipinski definition) is 4. The van der Waals surface area contributed by atoms with Gasteiger partial charge in [-0.05, 0) is 70.1 Å². The van der Waals surface area contributed by atoms with Gasteiger partial charge in [-0.3, -0.25) is 4.79 Å². The van der Waals surface area contributed by atoms with Gasteiger partial charge < -0.3 is 10.1 Å². The number of nitrogens with zero attached hydrogens (tertiary/aromatic N) is 1. The molecule has 0 spiro atoms. The highest BCUT2D eigenvalue weighted by Gasteiger charge is 2.07. The SMILES string of the molecule is CCCOc1ccc2ccccc2c1/C=N\NC(=O)CNc1ccc(I)cc1. The maximum absolute atomic E-state index is 12.1. The average Bonchev–Trinajstić information content (AvgIpc) is 2.72. The van der Waals surface area contributed by atoms with Crippen molar-refractivity contribution in [1.29, 1.82) is 0 Å². The monoisotopic (exact) mass is 487 g/mol. The molecule has 3 aromatic carbocycles. The van der Waals surface area contributed by atoms with Crippen molar-refractivity contribution in [3.05, 3.63) is 69.8 Å². The summed E-state index contributed by atoms with van der Waals surface area (Å²) in [5, 5.41) is 9.35. The van der Waals surface area contributed by atoms with E-state index in [2.05, 4.69) is 45.4 Å². The van der Waals surface area contributed by atoms with Gasteiger partial charge in [0, 0.05) is 14.8 Å². The highest BCUT2D eigenvalue weighted by atomic mass is 127. The smallest absolute Gasteiger partial charge is 0.259 e. The average molecular weight is 487 g/mol. The van der Waals surface area contributed by atoms with E-state index in [1.165, 1.54) is 0 Å².